The minimum Gasteiger partial charge on any atom is -0.434 e. The molecule has 2 aromatic heterocycles. The van der Waals surface area contributed by atoms with Crippen molar-refractivity contribution in [2.45, 2.75) is 6.92 Å². The van der Waals surface area contributed by atoms with E-state index in [0.29, 0.717) is 17.1 Å². The Kier molecular flexibility index (Phi) is 5.53. The van der Waals surface area contributed by atoms with Crippen molar-refractivity contribution >= 4 is 23.2 Å². The zero-order valence-corrected chi connectivity index (χ0v) is 17.2. The Hall–Kier alpha value is -4.67. The lowest BCUT2D eigenvalue weighted by Gasteiger charge is -2.12. The summed E-state index contributed by atoms with van der Waals surface area (Å²) in [6, 6.07) is 13.5. The fraction of sp³-hybridized carbons (Fsp3) is 0.0952. The molecule has 0 bridgehead atoms. The minimum atomic E-state index is -0.620. The molecule has 0 saturated carbocycles. The molecular weight excluding hydrogens is 414 g/mol. The average molecular weight is 433 g/mol. The lowest BCUT2D eigenvalue weighted by Crippen LogP contribution is -2.20. The van der Waals surface area contributed by atoms with Gasteiger partial charge in [0.25, 0.3) is 0 Å². The first kappa shape index (κ1) is 20.6. The highest BCUT2D eigenvalue weighted by atomic mass is 16.6. The van der Waals surface area contributed by atoms with Crippen molar-refractivity contribution in [2.75, 3.05) is 10.6 Å². The second kappa shape index (κ2) is 8.60. The van der Waals surface area contributed by atoms with Crippen LogP contribution in [0.4, 0.5) is 22.0 Å². The Bertz CT molecular complexity index is 1280. The van der Waals surface area contributed by atoms with Crippen molar-refractivity contribution in [1.82, 2.24) is 19.3 Å². The fourth-order valence-corrected chi connectivity index (χ4v) is 3.04. The molecule has 11 heteroatoms. The van der Waals surface area contributed by atoms with E-state index in [1.165, 1.54) is 10.9 Å². The van der Waals surface area contributed by atoms with E-state index >= 15 is 0 Å². The number of urea groups is 1. The maximum absolute atomic E-state index is 12.5. The van der Waals surface area contributed by atoms with Gasteiger partial charge in [-0.05, 0) is 58.8 Å². The predicted molar refractivity (Wildman–Crippen MR) is 117 cm³/mol. The molecule has 2 amide bonds. The Balaban J connectivity index is 1.44. The Morgan fingerprint density at radius 1 is 1.16 bits per heavy atom. The van der Waals surface area contributed by atoms with Crippen LogP contribution >= 0.6 is 0 Å². The van der Waals surface area contributed by atoms with Gasteiger partial charge in [0.05, 0.1) is 5.69 Å². The van der Waals surface area contributed by atoms with E-state index < -0.39 is 16.8 Å². The van der Waals surface area contributed by atoms with E-state index in [0.717, 1.165) is 11.3 Å². The van der Waals surface area contributed by atoms with Crippen molar-refractivity contribution < 1.29 is 14.5 Å². The van der Waals surface area contributed by atoms with Gasteiger partial charge in [-0.25, -0.2) is 9.48 Å². The van der Waals surface area contributed by atoms with E-state index in [9.17, 15) is 14.9 Å². The summed E-state index contributed by atoms with van der Waals surface area (Å²) in [7, 11) is 1.59. The maximum Gasteiger partial charge on any atom is 0.427 e. The van der Waals surface area contributed by atoms with Crippen molar-refractivity contribution in [3.8, 4) is 17.3 Å². The molecule has 32 heavy (non-hydrogen) atoms. The van der Waals surface area contributed by atoms with E-state index in [4.69, 9.17) is 4.74 Å². The topological polar surface area (TPSA) is 129 Å². The van der Waals surface area contributed by atoms with Gasteiger partial charge in [-0.1, -0.05) is 6.07 Å². The number of hydrogen-bond donors (Lipinski definition) is 2. The Morgan fingerprint density at radius 2 is 2.00 bits per heavy atom. The molecule has 0 aliphatic carbocycles. The molecule has 0 spiro atoms. The van der Waals surface area contributed by atoms with Crippen LogP contribution < -0.4 is 15.4 Å². The van der Waals surface area contributed by atoms with Gasteiger partial charge in [-0.3, -0.25) is 4.57 Å². The quantitative estimate of drug-likeness (QED) is 0.345. The van der Waals surface area contributed by atoms with Gasteiger partial charge in [0, 0.05) is 36.9 Å². The number of nitro groups is 1. The highest BCUT2D eigenvalue weighted by Gasteiger charge is 2.22. The highest BCUT2D eigenvalue weighted by Crippen LogP contribution is 2.30. The zero-order chi connectivity index (χ0) is 22.7. The molecule has 0 fully saturated rings. The first-order valence-corrected chi connectivity index (χ1v) is 9.53. The fourth-order valence-electron chi connectivity index (χ4n) is 3.04. The molecule has 0 aliphatic heterocycles. The lowest BCUT2D eigenvalue weighted by atomic mass is 10.2. The number of benzene rings is 2. The molecule has 2 heterocycles. The number of ether oxygens (including phenoxy) is 1. The molecule has 0 unspecified atom stereocenters. The van der Waals surface area contributed by atoms with Crippen LogP contribution in [0.15, 0.2) is 67.3 Å². The Morgan fingerprint density at radius 3 is 2.72 bits per heavy atom. The number of aryl methyl sites for hydroxylation is 2. The first-order valence-electron chi connectivity index (χ1n) is 9.53. The van der Waals surface area contributed by atoms with Gasteiger partial charge in [0.1, 0.15) is 5.75 Å². The molecule has 4 rings (SSSR count). The summed E-state index contributed by atoms with van der Waals surface area (Å²) in [4.78, 5) is 26.7. The van der Waals surface area contributed by atoms with E-state index in [-0.39, 0.29) is 5.88 Å². The van der Waals surface area contributed by atoms with E-state index in [2.05, 4.69) is 20.7 Å². The number of amides is 2. The van der Waals surface area contributed by atoms with Gasteiger partial charge in [0.2, 0.25) is 6.33 Å². The normalized spacial score (nSPS) is 10.6. The number of aromatic nitrogens is 4. The molecule has 2 aromatic carbocycles. The smallest absolute Gasteiger partial charge is 0.427 e. The van der Waals surface area contributed by atoms with Crippen LogP contribution in [0.1, 0.15) is 5.56 Å². The van der Waals surface area contributed by atoms with Crippen molar-refractivity contribution in [2.24, 2.45) is 7.05 Å². The SMILES string of the molecule is Cc1cc(-n2cccn2)ccc1NC(=O)Nc1cccc(Oc2c([N+](=O)[O-])ncn2C)c1. The number of nitrogens with one attached hydrogen (secondary N) is 2. The third-order valence-corrected chi connectivity index (χ3v) is 4.57. The summed E-state index contributed by atoms with van der Waals surface area (Å²) < 4.78 is 8.76. The standard InChI is InChI=1S/C21H19N7O4/c1-14-11-16(27-10-4-9-23-27)7-8-18(14)25-21(29)24-15-5-3-6-17(12-15)32-20-19(28(30)31)22-13-26(20)2/h3-13H,1-2H3,(H2,24,25,29). The van der Waals surface area contributed by atoms with Gasteiger partial charge in [0.15, 0.2) is 0 Å². The molecular formula is C21H19N7O4. The van der Waals surface area contributed by atoms with Gasteiger partial charge >= 0.3 is 17.7 Å². The molecule has 0 radical (unpaired) electrons. The molecule has 0 saturated heterocycles. The van der Waals surface area contributed by atoms with Crippen molar-refractivity contribution in [1.29, 1.82) is 0 Å². The van der Waals surface area contributed by atoms with Crippen LogP contribution in [0.25, 0.3) is 5.69 Å². The van der Waals surface area contributed by atoms with E-state index in [1.54, 1.807) is 48.3 Å². The summed E-state index contributed by atoms with van der Waals surface area (Å²) in [5.74, 6) is -0.0867. The molecule has 162 valence electrons. The number of nitrogens with zero attached hydrogens (tertiary/aromatic N) is 5. The first-order chi connectivity index (χ1) is 15.4. The van der Waals surface area contributed by atoms with Crippen molar-refractivity contribution in [3.05, 3.63) is 82.9 Å². The molecule has 0 atom stereocenters. The Labute approximate surface area is 182 Å². The molecule has 2 N–H and O–H groups in total. The molecule has 0 aliphatic rings. The second-order valence-electron chi connectivity index (χ2n) is 6.90. The predicted octanol–water partition coefficient (Wildman–Crippen LogP) is 4.26. The molecule has 4 aromatic rings. The zero-order valence-electron chi connectivity index (χ0n) is 17.2. The van der Waals surface area contributed by atoms with Crippen LogP contribution in [0, 0.1) is 17.0 Å². The van der Waals surface area contributed by atoms with Crippen LogP contribution in [0.3, 0.4) is 0 Å². The summed E-state index contributed by atoms with van der Waals surface area (Å²) >= 11 is 0. The summed E-state index contributed by atoms with van der Waals surface area (Å²) in [5.41, 5.74) is 2.85. The summed E-state index contributed by atoms with van der Waals surface area (Å²) in [6.07, 6.45) is 4.83. The van der Waals surface area contributed by atoms with Gasteiger partial charge in [-0.2, -0.15) is 5.10 Å². The van der Waals surface area contributed by atoms with Crippen molar-refractivity contribution in [3.63, 3.8) is 0 Å². The summed E-state index contributed by atoms with van der Waals surface area (Å²) in [6.45, 7) is 1.89. The van der Waals surface area contributed by atoms with Crippen LogP contribution in [0.2, 0.25) is 0 Å². The summed E-state index contributed by atoms with van der Waals surface area (Å²) in [5, 5.41) is 20.8. The largest absolute Gasteiger partial charge is 0.434 e. The number of anilines is 2. The third-order valence-electron chi connectivity index (χ3n) is 4.57. The number of hydrogen-bond acceptors (Lipinski definition) is 6. The monoisotopic (exact) mass is 433 g/mol. The number of imidazole rings is 1. The number of rotatable bonds is 6. The van der Waals surface area contributed by atoms with Crippen LogP contribution in [0.5, 0.6) is 11.6 Å². The number of carbonyl (C=O) groups is 1. The molecule has 11 nitrogen and oxygen atoms in total. The van der Waals surface area contributed by atoms with Gasteiger partial charge in [-0.15, -0.1) is 0 Å². The highest BCUT2D eigenvalue weighted by molar-refractivity contribution is 6.00. The lowest BCUT2D eigenvalue weighted by molar-refractivity contribution is -0.390. The van der Waals surface area contributed by atoms with Crippen LogP contribution in [-0.4, -0.2) is 30.3 Å². The average Bonchev–Trinajstić information content (AvgIpc) is 3.41. The maximum atomic E-state index is 12.5. The van der Waals surface area contributed by atoms with Crippen LogP contribution in [-0.2, 0) is 7.05 Å². The van der Waals surface area contributed by atoms with Gasteiger partial charge < -0.3 is 25.5 Å². The third kappa shape index (κ3) is 4.41. The minimum absolute atomic E-state index is 0.00972. The van der Waals surface area contributed by atoms with E-state index in [1.807, 2.05) is 31.3 Å². The second-order valence-corrected chi connectivity index (χ2v) is 6.90. The number of carbonyl (C=O) groups excluding carboxylic acids is 1.